The zero-order chi connectivity index (χ0) is 22.1. The second-order valence-electron chi connectivity index (χ2n) is 7.31. The van der Waals surface area contributed by atoms with Gasteiger partial charge in [0.2, 0.25) is 5.78 Å². The van der Waals surface area contributed by atoms with Crippen molar-refractivity contribution in [1.82, 2.24) is 4.90 Å². The average Bonchev–Trinajstić information content (AvgIpc) is 3.36. The predicted octanol–water partition coefficient (Wildman–Crippen LogP) is 3.81. The van der Waals surface area contributed by atoms with Crippen LogP contribution in [-0.4, -0.2) is 34.6 Å². The van der Waals surface area contributed by atoms with Gasteiger partial charge in [0, 0.05) is 5.56 Å². The molecular weight excluding hydrogens is 398 g/mol. The van der Waals surface area contributed by atoms with Crippen LogP contribution in [0.25, 0.3) is 0 Å². The Labute approximate surface area is 178 Å². The number of carbonyl (C=O) groups excluding carboxylic acids is 4. The topological polar surface area (TPSA) is 93.9 Å². The quantitative estimate of drug-likeness (QED) is 0.344. The van der Waals surface area contributed by atoms with Crippen LogP contribution in [0.2, 0.25) is 0 Å². The molecule has 0 fully saturated rings. The summed E-state index contributed by atoms with van der Waals surface area (Å²) in [6.45, 7) is 3.40. The number of imide groups is 1. The molecule has 1 aliphatic rings. The van der Waals surface area contributed by atoms with E-state index in [1.165, 1.54) is 31.4 Å². The van der Waals surface area contributed by atoms with E-state index >= 15 is 0 Å². The molecule has 0 N–H and O–H groups in total. The van der Waals surface area contributed by atoms with Gasteiger partial charge in [0.1, 0.15) is 5.76 Å². The Morgan fingerprint density at radius 3 is 2.32 bits per heavy atom. The number of furan rings is 1. The van der Waals surface area contributed by atoms with Gasteiger partial charge < -0.3 is 9.15 Å². The zero-order valence-corrected chi connectivity index (χ0v) is 17.0. The summed E-state index contributed by atoms with van der Waals surface area (Å²) in [7, 11) is 0. The lowest BCUT2D eigenvalue weighted by Crippen LogP contribution is -2.28. The van der Waals surface area contributed by atoms with E-state index in [4.69, 9.17) is 9.15 Å². The summed E-state index contributed by atoms with van der Waals surface area (Å²) < 4.78 is 10.5. The number of amides is 2. The Balaban J connectivity index is 1.49. The summed E-state index contributed by atoms with van der Waals surface area (Å²) >= 11 is 0. The molecule has 0 saturated carbocycles. The van der Waals surface area contributed by atoms with Gasteiger partial charge in [-0.1, -0.05) is 29.8 Å². The third kappa shape index (κ3) is 3.90. The molecule has 1 atom stereocenters. The highest BCUT2D eigenvalue weighted by atomic mass is 16.5. The molecule has 0 aliphatic carbocycles. The van der Waals surface area contributed by atoms with Gasteiger partial charge in [0.25, 0.3) is 11.8 Å². The van der Waals surface area contributed by atoms with E-state index < -0.39 is 23.9 Å². The van der Waals surface area contributed by atoms with E-state index in [-0.39, 0.29) is 29.0 Å². The van der Waals surface area contributed by atoms with Crippen LogP contribution < -0.4 is 0 Å². The van der Waals surface area contributed by atoms with Crippen LogP contribution in [-0.2, 0) is 11.3 Å². The molecule has 2 heterocycles. The molecule has 7 heteroatoms. The maximum absolute atomic E-state index is 12.7. The number of hydrogen-bond acceptors (Lipinski definition) is 6. The number of Topliss-reactive ketones (excluding diaryl/α,β-unsaturated/α-hetero) is 1. The first kappa shape index (κ1) is 20.3. The number of benzene rings is 2. The molecule has 2 aromatic carbocycles. The average molecular weight is 417 g/mol. The van der Waals surface area contributed by atoms with Gasteiger partial charge in [-0.2, -0.15) is 0 Å². The first-order chi connectivity index (χ1) is 14.8. The van der Waals surface area contributed by atoms with Crippen molar-refractivity contribution in [2.24, 2.45) is 0 Å². The van der Waals surface area contributed by atoms with Crippen LogP contribution in [0, 0.1) is 6.92 Å². The number of esters is 1. The molecule has 2 amide bonds. The first-order valence-electron chi connectivity index (χ1n) is 9.69. The van der Waals surface area contributed by atoms with Crippen LogP contribution in [0.3, 0.4) is 0 Å². The summed E-state index contributed by atoms with van der Waals surface area (Å²) in [5.41, 5.74) is 1.86. The van der Waals surface area contributed by atoms with Crippen LogP contribution in [0.5, 0.6) is 0 Å². The standard InChI is InChI=1S/C24H19NO6/c1-14-5-7-16(8-6-14)21(26)15(2)31-24(29)17-9-10-19-20(12-17)23(28)25(22(19)27)13-18-4-3-11-30-18/h3-12,15H,13H2,1-2H3/t15-/m1/s1. The lowest BCUT2D eigenvalue weighted by Gasteiger charge is -2.13. The molecule has 31 heavy (non-hydrogen) atoms. The number of fused-ring (bicyclic) bond motifs is 1. The molecular formula is C24H19NO6. The highest BCUT2D eigenvalue weighted by molar-refractivity contribution is 6.21. The lowest BCUT2D eigenvalue weighted by atomic mass is 10.0. The molecule has 4 rings (SSSR count). The largest absolute Gasteiger partial charge is 0.467 e. The molecule has 0 spiro atoms. The minimum Gasteiger partial charge on any atom is -0.467 e. The lowest BCUT2D eigenvalue weighted by molar-refractivity contribution is 0.0318. The normalized spacial score (nSPS) is 13.8. The second kappa shape index (κ2) is 8.02. The fourth-order valence-corrected chi connectivity index (χ4v) is 3.35. The number of ether oxygens (including phenoxy) is 1. The van der Waals surface area contributed by atoms with Crippen molar-refractivity contribution < 1.29 is 28.3 Å². The number of hydrogen-bond donors (Lipinski definition) is 0. The molecule has 0 unspecified atom stereocenters. The van der Waals surface area contributed by atoms with E-state index in [9.17, 15) is 19.2 Å². The zero-order valence-electron chi connectivity index (χ0n) is 17.0. The minimum atomic E-state index is -1.00. The van der Waals surface area contributed by atoms with Crippen molar-refractivity contribution in [3.63, 3.8) is 0 Å². The Morgan fingerprint density at radius 1 is 0.968 bits per heavy atom. The van der Waals surface area contributed by atoms with Crippen molar-refractivity contribution in [2.75, 3.05) is 0 Å². The number of aryl methyl sites for hydroxylation is 1. The van der Waals surface area contributed by atoms with Crippen molar-refractivity contribution in [3.8, 4) is 0 Å². The van der Waals surface area contributed by atoms with Crippen LogP contribution in [0.15, 0.2) is 65.3 Å². The van der Waals surface area contributed by atoms with Gasteiger partial charge in [-0.05, 0) is 44.2 Å². The first-order valence-corrected chi connectivity index (χ1v) is 9.69. The summed E-state index contributed by atoms with van der Waals surface area (Å²) in [4.78, 5) is 51.4. The minimum absolute atomic E-state index is 0.00120. The highest BCUT2D eigenvalue weighted by Gasteiger charge is 2.36. The fraction of sp³-hybridized carbons (Fsp3) is 0.167. The molecule has 1 aliphatic heterocycles. The van der Waals surface area contributed by atoms with Crippen molar-refractivity contribution in [3.05, 3.63) is 94.4 Å². The van der Waals surface area contributed by atoms with Gasteiger partial charge in [-0.25, -0.2) is 4.79 Å². The molecule has 7 nitrogen and oxygen atoms in total. The van der Waals surface area contributed by atoms with Gasteiger partial charge in [0.15, 0.2) is 6.10 Å². The van der Waals surface area contributed by atoms with Crippen LogP contribution in [0.4, 0.5) is 0 Å². The molecule has 3 aromatic rings. The van der Waals surface area contributed by atoms with E-state index in [1.807, 2.05) is 6.92 Å². The number of rotatable bonds is 6. The molecule has 0 radical (unpaired) electrons. The number of carbonyl (C=O) groups is 4. The Morgan fingerprint density at radius 2 is 1.65 bits per heavy atom. The Hall–Kier alpha value is -4.00. The van der Waals surface area contributed by atoms with E-state index in [0.717, 1.165) is 10.5 Å². The third-order valence-corrected chi connectivity index (χ3v) is 5.09. The maximum Gasteiger partial charge on any atom is 0.338 e. The van der Waals surface area contributed by atoms with Gasteiger partial charge in [0.05, 0.1) is 29.5 Å². The maximum atomic E-state index is 12.7. The SMILES string of the molecule is Cc1ccc(C(=O)[C@@H](C)OC(=O)c2ccc3c(c2)C(=O)N(Cc2ccco2)C3=O)cc1. The van der Waals surface area contributed by atoms with Crippen LogP contribution >= 0.6 is 0 Å². The van der Waals surface area contributed by atoms with Crippen LogP contribution in [0.1, 0.15) is 59.7 Å². The highest BCUT2D eigenvalue weighted by Crippen LogP contribution is 2.26. The predicted molar refractivity (Wildman–Crippen MR) is 110 cm³/mol. The number of nitrogens with zero attached hydrogens (tertiary/aromatic N) is 1. The second-order valence-corrected chi connectivity index (χ2v) is 7.31. The van der Waals surface area contributed by atoms with E-state index in [2.05, 4.69) is 0 Å². The van der Waals surface area contributed by atoms with Crippen molar-refractivity contribution >= 4 is 23.6 Å². The molecule has 0 saturated heterocycles. The molecule has 156 valence electrons. The fourth-order valence-electron chi connectivity index (χ4n) is 3.35. The van der Waals surface area contributed by atoms with Gasteiger partial charge in [-0.15, -0.1) is 0 Å². The van der Waals surface area contributed by atoms with E-state index in [1.54, 1.807) is 36.4 Å². The smallest absolute Gasteiger partial charge is 0.338 e. The van der Waals surface area contributed by atoms with Crippen molar-refractivity contribution in [1.29, 1.82) is 0 Å². The summed E-state index contributed by atoms with van der Waals surface area (Å²) in [5.74, 6) is -1.59. The Bertz CT molecular complexity index is 1180. The van der Waals surface area contributed by atoms with Gasteiger partial charge >= 0.3 is 5.97 Å². The third-order valence-electron chi connectivity index (χ3n) is 5.09. The van der Waals surface area contributed by atoms with E-state index in [0.29, 0.717) is 11.3 Å². The molecule has 1 aromatic heterocycles. The van der Waals surface area contributed by atoms with Crippen molar-refractivity contribution in [2.45, 2.75) is 26.5 Å². The molecule has 0 bridgehead atoms. The van der Waals surface area contributed by atoms with Gasteiger partial charge in [-0.3, -0.25) is 19.3 Å². The summed E-state index contributed by atoms with van der Waals surface area (Å²) in [5, 5.41) is 0. The summed E-state index contributed by atoms with van der Waals surface area (Å²) in [6, 6.07) is 14.4. The number of ketones is 1. The monoisotopic (exact) mass is 417 g/mol. The Kier molecular flexibility index (Phi) is 5.25. The summed E-state index contributed by atoms with van der Waals surface area (Å²) in [6.07, 6.45) is 0.456.